The summed E-state index contributed by atoms with van der Waals surface area (Å²) >= 11 is 3.59. The number of benzene rings is 1. The van der Waals surface area contributed by atoms with Gasteiger partial charge in [0.05, 0.1) is 0 Å². The molecule has 3 nitrogen and oxygen atoms in total. The molecule has 0 aliphatic heterocycles. The lowest BCUT2D eigenvalue weighted by Crippen LogP contribution is -2.44. The van der Waals surface area contributed by atoms with E-state index < -0.39 is 0 Å². The minimum atomic E-state index is 0.157. The van der Waals surface area contributed by atoms with E-state index in [4.69, 9.17) is 5.73 Å². The second-order valence-corrected chi connectivity index (χ2v) is 6.65. The second-order valence-electron chi connectivity index (χ2n) is 5.80. The van der Waals surface area contributed by atoms with Gasteiger partial charge in [-0.3, -0.25) is 0 Å². The van der Waals surface area contributed by atoms with E-state index in [9.17, 15) is 5.11 Å². The van der Waals surface area contributed by atoms with E-state index in [-0.39, 0.29) is 12.6 Å². The van der Waals surface area contributed by atoms with Crippen LogP contribution in [0.4, 0.5) is 0 Å². The molecule has 3 unspecified atom stereocenters. The lowest BCUT2D eigenvalue weighted by molar-refractivity contribution is 0.146. The highest BCUT2D eigenvalue weighted by molar-refractivity contribution is 9.10. The topological polar surface area (TPSA) is 58.3 Å². The minimum Gasteiger partial charge on any atom is -0.396 e. The summed E-state index contributed by atoms with van der Waals surface area (Å²) in [6.45, 7) is 2.93. The molecule has 4 heteroatoms. The van der Waals surface area contributed by atoms with Crippen LogP contribution in [-0.4, -0.2) is 24.3 Å². The predicted molar refractivity (Wildman–Crippen MR) is 86.6 cm³/mol. The van der Waals surface area contributed by atoms with Crippen LogP contribution in [-0.2, 0) is 0 Å². The van der Waals surface area contributed by atoms with Crippen LogP contribution in [0.2, 0.25) is 0 Å². The molecule has 0 spiro atoms. The monoisotopic (exact) mass is 340 g/mol. The maximum atomic E-state index is 9.52. The van der Waals surface area contributed by atoms with Gasteiger partial charge in [0, 0.05) is 29.7 Å². The molecule has 0 radical (unpaired) electrons. The van der Waals surface area contributed by atoms with E-state index in [1.54, 1.807) is 0 Å². The minimum absolute atomic E-state index is 0.157. The number of rotatable bonds is 5. The maximum absolute atomic E-state index is 9.52. The molecular formula is C16H25BrN2O. The number of aliphatic hydroxyl groups is 1. The highest BCUT2D eigenvalue weighted by atomic mass is 79.9. The fourth-order valence-corrected chi connectivity index (χ4v) is 3.43. The fraction of sp³-hybridized carbons (Fsp3) is 0.625. The highest BCUT2D eigenvalue weighted by Gasteiger charge is 2.26. The SMILES string of the molecule is Cc1ccc(C(CN)NC2CCCCC2CO)cc1Br. The van der Waals surface area contributed by atoms with Gasteiger partial charge in [0.15, 0.2) is 0 Å². The number of nitrogens with one attached hydrogen (secondary N) is 1. The van der Waals surface area contributed by atoms with Crippen molar-refractivity contribution in [2.45, 2.75) is 44.7 Å². The van der Waals surface area contributed by atoms with Gasteiger partial charge < -0.3 is 16.2 Å². The van der Waals surface area contributed by atoms with Crippen molar-refractivity contribution in [3.63, 3.8) is 0 Å². The zero-order valence-corrected chi connectivity index (χ0v) is 13.7. The highest BCUT2D eigenvalue weighted by Crippen LogP contribution is 2.27. The Morgan fingerprint density at radius 3 is 2.80 bits per heavy atom. The molecule has 1 aliphatic rings. The maximum Gasteiger partial charge on any atom is 0.0474 e. The molecule has 4 N–H and O–H groups in total. The molecule has 20 heavy (non-hydrogen) atoms. The third-order valence-electron chi connectivity index (χ3n) is 4.39. The zero-order chi connectivity index (χ0) is 14.5. The Balaban J connectivity index is 2.09. The Morgan fingerprint density at radius 2 is 2.15 bits per heavy atom. The quantitative estimate of drug-likeness (QED) is 0.772. The van der Waals surface area contributed by atoms with Crippen LogP contribution in [0.1, 0.15) is 42.9 Å². The van der Waals surface area contributed by atoms with Gasteiger partial charge >= 0.3 is 0 Å². The molecule has 1 aromatic carbocycles. The summed E-state index contributed by atoms with van der Waals surface area (Å²) in [6, 6.07) is 6.94. The molecule has 112 valence electrons. The van der Waals surface area contributed by atoms with E-state index in [0.717, 1.165) is 17.3 Å². The molecule has 3 atom stereocenters. The Labute approximate surface area is 130 Å². The van der Waals surface area contributed by atoms with Gasteiger partial charge in [-0.25, -0.2) is 0 Å². The first-order chi connectivity index (χ1) is 9.65. The van der Waals surface area contributed by atoms with Crippen LogP contribution in [0.3, 0.4) is 0 Å². The van der Waals surface area contributed by atoms with Crippen molar-refractivity contribution in [3.05, 3.63) is 33.8 Å². The van der Waals surface area contributed by atoms with E-state index in [0.29, 0.717) is 18.5 Å². The van der Waals surface area contributed by atoms with Gasteiger partial charge in [0.25, 0.3) is 0 Å². The fourth-order valence-electron chi connectivity index (χ4n) is 3.03. The summed E-state index contributed by atoms with van der Waals surface area (Å²) in [5, 5.41) is 13.2. The smallest absolute Gasteiger partial charge is 0.0474 e. The number of halogens is 1. The number of hydrogen-bond donors (Lipinski definition) is 3. The van der Waals surface area contributed by atoms with Crippen LogP contribution in [0.15, 0.2) is 22.7 Å². The number of nitrogens with two attached hydrogens (primary N) is 1. The number of aliphatic hydroxyl groups excluding tert-OH is 1. The van der Waals surface area contributed by atoms with Crippen molar-refractivity contribution in [3.8, 4) is 0 Å². The molecule has 0 saturated heterocycles. The van der Waals surface area contributed by atoms with Crippen LogP contribution in [0.25, 0.3) is 0 Å². The molecule has 0 heterocycles. The molecule has 2 rings (SSSR count). The third-order valence-corrected chi connectivity index (χ3v) is 5.25. The van der Waals surface area contributed by atoms with Gasteiger partial charge in [-0.05, 0) is 42.9 Å². The molecular weight excluding hydrogens is 316 g/mol. The van der Waals surface area contributed by atoms with E-state index in [1.807, 2.05) is 0 Å². The van der Waals surface area contributed by atoms with Gasteiger partial charge in [0.2, 0.25) is 0 Å². The summed E-state index contributed by atoms with van der Waals surface area (Å²) in [7, 11) is 0. The Hall–Kier alpha value is -0.420. The molecule has 1 fully saturated rings. The second kappa shape index (κ2) is 7.55. The van der Waals surface area contributed by atoms with E-state index in [2.05, 4.69) is 46.4 Å². The third kappa shape index (κ3) is 3.82. The first-order valence-electron chi connectivity index (χ1n) is 7.48. The molecule has 1 aliphatic carbocycles. The Morgan fingerprint density at radius 1 is 1.40 bits per heavy atom. The van der Waals surface area contributed by atoms with Crippen molar-refractivity contribution in [2.75, 3.05) is 13.2 Å². The normalized spacial score (nSPS) is 24.6. The van der Waals surface area contributed by atoms with Gasteiger partial charge in [0.1, 0.15) is 0 Å². The van der Waals surface area contributed by atoms with Gasteiger partial charge in [-0.2, -0.15) is 0 Å². The van der Waals surface area contributed by atoms with Crippen LogP contribution in [0, 0.1) is 12.8 Å². The predicted octanol–water partition coefficient (Wildman–Crippen LogP) is 2.90. The Bertz CT molecular complexity index is 438. The lowest BCUT2D eigenvalue weighted by atomic mass is 9.84. The van der Waals surface area contributed by atoms with E-state index in [1.165, 1.54) is 24.0 Å². The first kappa shape index (κ1) is 16.0. The average molecular weight is 341 g/mol. The Kier molecular flexibility index (Phi) is 6.02. The van der Waals surface area contributed by atoms with Crippen LogP contribution < -0.4 is 11.1 Å². The van der Waals surface area contributed by atoms with Gasteiger partial charge in [-0.15, -0.1) is 0 Å². The van der Waals surface area contributed by atoms with E-state index >= 15 is 0 Å². The average Bonchev–Trinajstić information content (AvgIpc) is 2.48. The van der Waals surface area contributed by atoms with Gasteiger partial charge in [-0.1, -0.05) is 40.9 Å². The summed E-state index contributed by atoms with van der Waals surface area (Å²) in [6.07, 6.45) is 4.72. The molecule has 0 amide bonds. The summed E-state index contributed by atoms with van der Waals surface area (Å²) < 4.78 is 1.12. The zero-order valence-electron chi connectivity index (χ0n) is 12.1. The summed E-state index contributed by atoms with van der Waals surface area (Å²) in [4.78, 5) is 0. The summed E-state index contributed by atoms with van der Waals surface area (Å²) in [5.74, 6) is 0.367. The first-order valence-corrected chi connectivity index (χ1v) is 8.28. The molecule has 0 bridgehead atoms. The largest absolute Gasteiger partial charge is 0.396 e. The molecule has 1 saturated carbocycles. The molecule has 0 aromatic heterocycles. The standard InChI is InChI=1S/C16H25BrN2O/c1-11-6-7-12(8-14(11)17)16(9-18)19-15-5-3-2-4-13(15)10-20/h6-8,13,15-16,19-20H,2-5,9-10,18H2,1H3. The van der Waals surface area contributed by atoms with Crippen molar-refractivity contribution in [2.24, 2.45) is 11.7 Å². The summed E-state index contributed by atoms with van der Waals surface area (Å²) in [5.41, 5.74) is 8.40. The van der Waals surface area contributed by atoms with Crippen molar-refractivity contribution >= 4 is 15.9 Å². The van der Waals surface area contributed by atoms with Crippen molar-refractivity contribution in [1.82, 2.24) is 5.32 Å². The van der Waals surface area contributed by atoms with Crippen LogP contribution >= 0.6 is 15.9 Å². The van der Waals surface area contributed by atoms with Crippen molar-refractivity contribution in [1.29, 1.82) is 0 Å². The molecule has 1 aromatic rings. The van der Waals surface area contributed by atoms with Crippen molar-refractivity contribution < 1.29 is 5.11 Å². The number of aryl methyl sites for hydroxylation is 1. The lowest BCUT2D eigenvalue weighted by Gasteiger charge is -2.34. The van der Waals surface area contributed by atoms with Crippen LogP contribution in [0.5, 0.6) is 0 Å². The number of hydrogen-bond acceptors (Lipinski definition) is 3.